The van der Waals surface area contributed by atoms with E-state index in [4.69, 9.17) is 9.47 Å². The Labute approximate surface area is 109 Å². The third-order valence-corrected chi connectivity index (χ3v) is 2.55. The molecule has 1 rings (SSSR count). The van der Waals surface area contributed by atoms with Crippen molar-refractivity contribution >= 4 is 6.08 Å². The molecule has 0 amide bonds. The van der Waals surface area contributed by atoms with Crippen LogP contribution in [0.2, 0.25) is 0 Å². The molecule has 100 valence electrons. The molecular formula is C15H22O3. The van der Waals surface area contributed by atoms with Gasteiger partial charge >= 0.3 is 0 Å². The molecule has 1 aromatic rings. The number of ether oxygens (including phenoxy) is 2. The van der Waals surface area contributed by atoms with Gasteiger partial charge in [-0.05, 0) is 39.3 Å². The molecular weight excluding hydrogens is 228 g/mol. The van der Waals surface area contributed by atoms with Crippen LogP contribution in [0.4, 0.5) is 0 Å². The van der Waals surface area contributed by atoms with Crippen LogP contribution in [0.15, 0.2) is 18.2 Å². The highest BCUT2D eigenvalue weighted by atomic mass is 16.5. The van der Waals surface area contributed by atoms with Crippen molar-refractivity contribution in [2.24, 2.45) is 0 Å². The van der Waals surface area contributed by atoms with Crippen molar-refractivity contribution in [3.63, 3.8) is 0 Å². The monoisotopic (exact) mass is 250 g/mol. The maximum atomic E-state index is 9.82. The molecule has 3 heteroatoms. The van der Waals surface area contributed by atoms with Crippen molar-refractivity contribution in [2.45, 2.75) is 39.9 Å². The van der Waals surface area contributed by atoms with Crippen LogP contribution in [0.5, 0.6) is 11.5 Å². The van der Waals surface area contributed by atoms with E-state index in [0.717, 1.165) is 11.1 Å². The van der Waals surface area contributed by atoms with Crippen molar-refractivity contribution in [1.29, 1.82) is 0 Å². The standard InChI is InChI=1S/C15H22O3/c1-6-7-13-12(11(4)16)8-9-14(17-5)15(13)18-10(2)3/h6-11,16H,1-5H3/b7-6+/t11-/m1/s1. The average molecular weight is 250 g/mol. The van der Waals surface area contributed by atoms with Gasteiger partial charge in [0.25, 0.3) is 0 Å². The molecule has 0 aromatic heterocycles. The first-order chi connectivity index (χ1) is 8.51. The van der Waals surface area contributed by atoms with Crippen LogP contribution in [0, 0.1) is 0 Å². The fourth-order valence-electron chi connectivity index (χ4n) is 1.82. The molecule has 0 unspecified atom stereocenters. The maximum absolute atomic E-state index is 9.82. The second kappa shape index (κ2) is 6.45. The van der Waals surface area contributed by atoms with E-state index >= 15 is 0 Å². The normalized spacial score (nSPS) is 13.1. The van der Waals surface area contributed by atoms with Crippen LogP contribution in [-0.4, -0.2) is 18.3 Å². The van der Waals surface area contributed by atoms with Crippen molar-refractivity contribution < 1.29 is 14.6 Å². The number of benzene rings is 1. The lowest BCUT2D eigenvalue weighted by atomic mass is 10.0. The van der Waals surface area contributed by atoms with Gasteiger partial charge in [0.2, 0.25) is 0 Å². The summed E-state index contributed by atoms with van der Waals surface area (Å²) in [5, 5.41) is 9.82. The quantitative estimate of drug-likeness (QED) is 0.868. The van der Waals surface area contributed by atoms with Crippen LogP contribution >= 0.6 is 0 Å². The fourth-order valence-corrected chi connectivity index (χ4v) is 1.82. The van der Waals surface area contributed by atoms with Gasteiger partial charge in [-0.15, -0.1) is 0 Å². The van der Waals surface area contributed by atoms with Crippen molar-refractivity contribution in [3.05, 3.63) is 29.3 Å². The summed E-state index contributed by atoms with van der Waals surface area (Å²) in [7, 11) is 1.62. The summed E-state index contributed by atoms with van der Waals surface area (Å²) in [6.07, 6.45) is 3.36. The van der Waals surface area contributed by atoms with Gasteiger partial charge in [0, 0.05) is 5.56 Å². The van der Waals surface area contributed by atoms with E-state index in [9.17, 15) is 5.11 Å². The molecule has 18 heavy (non-hydrogen) atoms. The van der Waals surface area contributed by atoms with E-state index in [-0.39, 0.29) is 6.10 Å². The summed E-state index contributed by atoms with van der Waals surface area (Å²) in [5.74, 6) is 1.37. The minimum absolute atomic E-state index is 0.0483. The highest BCUT2D eigenvalue weighted by molar-refractivity contribution is 5.66. The summed E-state index contributed by atoms with van der Waals surface area (Å²) >= 11 is 0. The first-order valence-corrected chi connectivity index (χ1v) is 6.19. The van der Waals surface area contributed by atoms with Crippen LogP contribution in [0.1, 0.15) is 44.9 Å². The molecule has 0 spiro atoms. The molecule has 0 saturated heterocycles. The second-order valence-corrected chi connectivity index (χ2v) is 4.44. The van der Waals surface area contributed by atoms with E-state index in [1.54, 1.807) is 14.0 Å². The highest BCUT2D eigenvalue weighted by Crippen LogP contribution is 2.37. The van der Waals surface area contributed by atoms with Gasteiger partial charge < -0.3 is 14.6 Å². The van der Waals surface area contributed by atoms with Crippen molar-refractivity contribution in [1.82, 2.24) is 0 Å². The number of aliphatic hydroxyl groups is 1. The number of rotatable bonds is 5. The molecule has 0 radical (unpaired) electrons. The molecule has 1 atom stereocenters. The lowest BCUT2D eigenvalue weighted by molar-refractivity contribution is 0.195. The first kappa shape index (κ1) is 14.6. The summed E-state index contributed by atoms with van der Waals surface area (Å²) in [6.45, 7) is 7.61. The minimum atomic E-state index is -0.545. The summed E-state index contributed by atoms with van der Waals surface area (Å²) in [5.41, 5.74) is 1.71. The van der Waals surface area contributed by atoms with Crippen molar-refractivity contribution in [2.75, 3.05) is 7.11 Å². The van der Waals surface area contributed by atoms with Gasteiger partial charge in [0.15, 0.2) is 11.5 Å². The lowest BCUT2D eigenvalue weighted by Gasteiger charge is -2.19. The Morgan fingerprint density at radius 1 is 1.22 bits per heavy atom. The molecule has 1 N–H and O–H groups in total. The van der Waals surface area contributed by atoms with Gasteiger partial charge in [-0.25, -0.2) is 0 Å². The van der Waals surface area contributed by atoms with Gasteiger partial charge in [-0.1, -0.05) is 18.2 Å². The van der Waals surface area contributed by atoms with Crippen molar-refractivity contribution in [3.8, 4) is 11.5 Å². The van der Waals surface area contributed by atoms with Crippen LogP contribution in [0.25, 0.3) is 6.08 Å². The molecule has 0 fully saturated rings. The maximum Gasteiger partial charge on any atom is 0.169 e. The van der Waals surface area contributed by atoms with E-state index < -0.39 is 6.10 Å². The highest BCUT2D eigenvalue weighted by Gasteiger charge is 2.17. The summed E-state index contributed by atoms with van der Waals surface area (Å²) in [6, 6.07) is 3.69. The Hall–Kier alpha value is -1.48. The van der Waals surface area contributed by atoms with E-state index in [0.29, 0.717) is 11.5 Å². The predicted octanol–water partition coefficient (Wildman–Crippen LogP) is 3.57. The van der Waals surface area contributed by atoms with Gasteiger partial charge in [-0.2, -0.15) is 0 Å². The third kappa shape index (κ3) is 3.26. The zero-order valence-electron chi connectivity index (χ0n) is 11.7. The Morgan fingerprint density at radius 3 is 2.33 bits per heavy atom. The largest absolute Gasteiger partial charge is 0.493 e. The first-order valence-electron chi connectivity index (χ1n) is 6.19. The van der Waals surface area contributed by atoms with Gasteiger partial charge in [-0.3, -0.25) is 0 Å². The number of methoxy groups -OCH3 is 1. The second-order valence-electron chi connectivity index (χ2n) is 4.44. The Morgan fingerprint density at radius 2 is 1.89 bits per heavy atom. The average Bonchev–Trinajstić information content (AvgIpc) is 2.30. The molecule has 1 aromatic carbocycles. The zero-order chi connectivity index (χ0) is 13.7. The van der Waals surface area contributed by atoms with Gasteiger partial charge in [0.05, 0.1) is 19.3 Å². The predicted molar refractivity (Wildman–Crippen MR) is 74.1 cm³/mol. The van der Waals surface area contributed by atoms with Crippen LogP contribution in [-0.2, 0) is 0 Å². The minimum Gasteiger partial charge on any atom is -0.493 e. The van der Waals surface area contributed by atoms with E-state index in [1.807, 2.05) is 45.1 Å². The molecule has 0 saturated carbocycles. The molecule has 0 aliphatic carbocycles. The zero-order valence-corrected chi connectivity index (χ0v) is 11.7. The molecule has 0 heterocycles. The Kier molecular flexibility index (Phi) is 5.23. The number of hydrogen-bond acceptors (Lipinski definition) is 3. The Balaban J connectivity index is 3.43. The van der Waals surface area contributed by atoms with E-state index in [2.05, 4.69) is 0 Å². The molecule has 3 nitrogen and oxygen atoms in total. The molecule has 0 aliphatic rings. The smallest absolute Gasteiger partial charge is 0.169 e. The van der Waals surface area contributed by atoms with Crippen LogP contribution < -0.4 is 9.47 Å². The van der Waals surface area contributed by atoms with Crippen LogP contribution in [0.3, 0.4) is 0 Å². The third-order valence-electron chi connectivity index (χ3n) is 2.55. The topological polar surface area (TPSA) is 38.7 Å². The molecule has 0 bridgehead atoms. The number of aliphatic hydroxyl groups excluding tert-OH is 1. The summed E-state index contributed by atoms with van der Waals surface area (Å²) < 4.78 is 11.2. The number of allylic oxidation sites excluding steroid dienone is 1. The van der Waals surface area contributed by atoms with E-state index in [1.165, 1.54) is 0 Å². The van der Waals surface area contributed by atoms with Gasteiger partial charge in [0.1, 0.15) is 0 Å². The Bertz CT molecular complexity index is 420. The molecule has 0 aliphatic heterocycles. The lowest BCUT2D eigenvalue weighted by Crippen LogP contribution is -2.09. The summed E-state index contributed by atoms with van der Waals surface area (Å²) in [4.78, 5) is 0. The number of hydrogen-bond donors (Lipinski definition) is 1. The fraction of sp³-hybridized carbons (Fsp3) is 0.467. The SMILES string of the molecule is C/C=C/c1c([C@@H](C)O)ccc(OC)c1OC(C)C.